The van der Waals surface area contributed by atoms with Crippen LogP contribution in [0.5, 0.6) is 0 Å². The Hall–Kier alpha value is -3.16. The number of allylic oxidation sites excluding steroid dienone is 1. The minimum Gasteiger partial charge on any atom is -0.465 e. The van der Waals surface area contributed by atoms with Crippen LogP contribution in [0.15, 0.2) is 57.5 Å². The van der Waals surface area contributed by atoms with E-state index in [1.807, 2.05) is 0 Å². The fraction of sp³-hybridized carbons (Fsp3) is 0.182. The van der Waals surface area contributed by atoms with Gasteiger partial charge in [0.1, 0.15) is 5.82 Å². The number of esters is 1. The summed E-state index contributed by atoms with van der Waals surface area (Å²) in [5.74, 6) is -2.51. The smallest absolute Gasteiger partial charge is 0.337 e. The maximum absolute atomic E-state index is 13.9. The summed E-state index contributed by atoms with van der Waals surface area (Å²) in [7, 11) is 1.28. The monoisotopic (exact) mass is 517 g/mol. The lowest BCUT2D eigenvalue weighted by molar-refractivity contribution is -0.121. The van der Waals surface area contributed by atoms with Crippen LogP contribution in [0.1, 0.15) is 28.3 Å². The number of anilines is 1. The number of amides is 2. The van der Waals surface area contributed by atoms with E-state index in [1.165, 1.54) is 19.2 Å². The van der Waals surface area contributed by atoms with Gasteiger partial charge < -0.3 is 15.4 Å². The first-order chi connectivity index (χ1) is 15.3. The number of halogens is 2. The molecule has 2 aromatic rings. The van der Waals surface area contributed by atoms with Crippen LogP contribution < -0.4 is 10.6 Å². The van der Waals surface area contributed by atoms with E-state index in [4.69, 9.17) is 0 Å². The Balaban J connectivity index is 1.76. The van der Waals surface area contributed by atoms with Crippen molar-refractivity contribution >= 4 is 51.2 Å². The fourth-order valence-corrected chi connectivity index (χ4v) is 4.31. The van der Waals surface area contributed by atoms with Crippen LogP contribution in [0.25, 0.3) is 0 Å². The van der Waals surface area contributed by atoms with Crippen molar-refractivity contribution in [2.75, 3.05) is 18.2 Å². The van der Waals surface area contributed by atoms with Gasteiger partial charge >= 0.3 is 5.97 Å². The van der Waals surface area contributed by atoms with Crippen LogP contribution in [0.2, 0.25) is 0 Å². The van der Waals surface area contributed by atoms with Gasteiger partial charge in [-0.3, -0.25) is 9.59 Å². The molecular weight excluding hydrogens is 501 g/mol. The van der Waals surface area contributed by atoms with E-state index in [0.717, 1.165) is 11.8 Å². The number of hydrogen-bond acceptors (Lipinski definition) is 6. The molecule has 0 saturated carbocycles. The number of nitrogens with zero attached hydrogens (tertiary/aromatic N) is 1. The Morgan fingerprint density at radius 1 is 1.31 bits per heavy atom. The van der Waals surface area contributed by atoms with Crippen molar-refractivity contribution < 1.29 is 23.5 Å². The number of carbonyl (C=O) groups excluding carboxylic acids is 3. The minimum atomic E-state index is -0.587. The highest BCUT2D eigenvalue weighted by molar-refractivity contribution is 9.10. The second kappa shape index (κ2) is 10.4. The summed E-state index contributed by atoms with van der Waals surface area (Å²) >= 11 is 4.14. The summed E-state index contributed by atoms with van der Waals surface area (Å²) in [6.07, 6.45) is 0.0564. The maximum Gasteiger partial charge on any atom is 0.337 e. The highest BCUT2D eigenvalue weighted by atomic mass is 79.9. The minimum absolute atomic E-state index is 0.0320. The van der Waals surface area contributed by atoms with Crippen molar-refractivity contribution in [1.29, 1.82) is 5.26 Å². The van der Waals surface area contributed by atoms with Crippen molar-refractivity contribution in [3.63, 3.8) is 0 Å². The first kappa shape index (κ1) is 23.5. The second-order valence-corrected chi connectivity index (χ2v) is 8.64. The van der Waals surface area contributed by atoms with Crippen molar-refractivity contribution in [3.8, 4) is 6.07 Å². The molecule has 3 rings (SSSR count). The van der Waals surface area contributed by atoms with Crippen molar-refractivity contribution in [1.82, 2.24) is 5.32 Å². The first-order valence-electron chi connectivity index (χ1n) is 9.32. The SMILES string of the molecule is COC(=O)c1ccc([C@H]2CC(=O)NC(SCC(=O)Nc3ccc(Br)cc3F)=C2C#N)cc1. The number of ether oxygens (including phenoxy) is 1. The summed E-state index contributed by atoms with van der Waals surface area (Å²) in [6.45, 7) is 0. The Morgan fingerprint density at radius 2 is 2.03 bits per heavy atom. The van der Waals surface area contributed by atoms with E-state index in [-0.39, 0.29) is 28.8 Å². The average molecular weight is 518 g/mol. The first-order valence-corrected chi connectivity index (χ1v) is 11.1. The molecule has 2 amide bonds. The molecule has 0 spiro atoms. The third-order valence-corrected chi connectivity index (χ3v) is 6.15. The van der Waals surface area contributed by atoms with Gasteiger partial charge in [0.25, 0.3) is 0 Å². The fourth-order valence-electron chi connectivity index (χ4n) is 3.10. The zero-order valence-corrected chi connectivity index (χ0v) is 19.2. The molecular formula is C22H17BrFN3O4S. The van der Waals surface area contributed by atoms with Crippen molar-refractivity contribution in [2.45, 2.75) is 12.3 Å². The third-order valence-electron chi connectivity index (χ3n) is 4.64. The molecule has 0 aromatic heterocycles. The quantitative estimate of drug-likeness (QED) is 0.558. The molecule has 0 aliphatic carbocycles. The van der Waals surface area contributed by atoms with E-state index in [1.54, 1.807) is 30.3 Å². The molecule has 0 bridgehead atoms. The molecule has 1 aliphatic rings. The zero-order chi connectivity index (χ0) is 23.3. The van der Waals surface area contributed by atoms with Crippen LogP contribution in [0.4, 0.5) is 10.1 Å². The molecule has 10 heteroatoms. The maximum atomic E-state index is 13.9. The van der Waals surface area contributed by atoms with Gasteiger partial charge in [-0.2, -0.15) is 5.26 Å². The summed E-state index contributed by atoms with van der Waals surface area (Å²) in [4.78, 5) is 36.2. The highest BCUT2D eigenvalue weighted by Gasteiger charge is 2.30. The third kappa shape index (κ3) is 5.55. The van der Waals surface area contributed by atoms with Crippen LogP contribution >= 0.6 is 27.7 Å². The molecule has 2 aromatic carbocycles. The molecule has 164 valence electrons. The van der Waals surface area contributed by atoms with Crippen LogP contribution in [0, 0.1) is 17.1 Å². The lowest BCUT2D eigenvalue weighted by Gasteiger charge is -2.25. The molecule has 0 fully saturated rings. The molecule has 0 unspecified atom stereocenters. The Labute approximate surface area is 196 Å². The number of hydrogen-bond donors (Lipinski definition) is 2. The van der Waals surface area contributed by atoms with E-state index >= 15 is 0 Å². The number of methoxy groups -OCH3 is 1. The van der Waals surface area contributed by atoms with Crippen LogP contribution in [0.3, 0.4) is 0 Å². The molecule has 1 heterocycles. The lowest BCUT2D eigenvalue weighted by atomic mass is 9.87. The van der Waals surface area contributed by atoms with Gasteiger partial charge in [-0.1, -0.05) is 39.8 Å². The number of rotatable bonds is 6. The predicted octanol–water partition coefficient (Wildman–Crippen LogP) is 4.09. The summed E-state index contributed by atoms with van der Waals surface area (Å²) in [5, 5.41) is 15.1. The normalized spacial score (nSPS) is 15.6. The number of nitriles is 1. The van der Waals surface area contributed by atoms with Gasteiger partial charge in [0.05, 0.1) is 40.8 Å². The Kier molecular flexibility index (Phi) is 7.66. The summed E-state index contributed by atoms with van der Waals surface area (Å²) in [6, 6.07) is 12.8. The molecule has 2 N–H and O–H groups in total. The molecule has 0 saturated heterocycles. The van der Waals surface area contributed by atoms with E-state index < -0.39 is 23.6 Å². The molecule has 1 aliphatic heterocycles. The van der Waals surface area contributed by atoms with Crippen molar-refractivity contribution in [3.05, 3.63) is 74.5 Å². The number of carbonyl (C=O) groups is 3. The molecule has 32 heavy (non-hydrogen) atoms. The van der Waals surface area contributed by atoms with E-state index in [2.05, 4.69) is 37.4 Å². The largest absolute Gasteiger partial charge is 0.465 e. The molecule has 1 atom stereocenters. The summed E-state index contributed by atoms with van der Waals surface area (Å²) in [5.41, 5.74) is 1.38. The van der Waals surface area contributed by atoms with Gasteiger partial charge in [-0.05, 0) is 35.9 Å². The molecule has 7 nitrogen and oxygen atoms in total. The molecule has 0 radical (unpaired) electrons. The Morgan fingerprint density at radius 3 is 2.66 bits per heavy atom. The standard InChI is InChI=1S/C22H17BrFN3O4S/c1-31-22(30)13-4-2-12(3-5-13)15-9-19(28)27-21(16(15)10-25)32-11-20(29)26-18-7-6-14(23)8-17(18)24/h2-8,15H,9,11H2,1H3,(H,26,29)(H,27,28)/t15-/m1/s1. The van der Waals surface area contributed by atoms with Gasteiger partial charge in [0.2, 0.25) is 11.8 Å². The number of benzene rings is 2. The van der Waals surface area contributed by atoms with Gasteiger partial charge in [-0.25, -0.2) is 9.18 Å². The van der Waals surface area contributed by atoms with Crippen LogP contribution in [-0.4, -0.2) is 30.6 Å². The van der Waals surface area contributed by atoms with Gasteiger partial charge in [-0.15, -0.1) is 0 Å². The topological polar surface area (TPSA) is 108 Å². The lowest BCUT2D eigenvalue weighted by Crippen LogP contribution is -2.31. The van der Waals surface area contributed by atoms with Crippen molar-refractivity contribution in [2.24, 2.45) is 0 Å². The number of nitrogens with one attached hydrogen (secondary N) is 2. The van der Waals surface area contributed by atoms with Crippen LogP contribution in [-0.2, 0) is 14.3 Å². The highest BCUT2D eigenvalue weighted by Crippen LogP contribution is 2.36. The van der Waals surface area contributed by atoms with Gasteiger partial charge in [0, 0.05) is 16.8 Å². The average Bonchev–Trinajstić information content (AvgIpc) is 2.78. The predicted molar refractivity (Wildman–Crippen MR) is 121 cm³/mol. The number of thioether (sulfide) groups is 1. The Bertz CT molecular complexity index is 1140. The van der Waals surface area contributed by atoms with E-state index in [0.29, 0.717) is 21.2 Å². The van der Waals surface area contributed by atoms with E-state index in [9.17, 15) is 24.0 Å². The van der Waals surface area contributed by atoms with Gasteiger partial charge in [0.15, 0.2) is 0 Å². The second-order valence-electron chi connectivity index (χ2n) is 6.73. The summed E-state index contributed by atoms with van der Waals surface area (Å²) < 4.78 is 19.1. The zero-order valence-electron chi connectivity index (χ0n) is 16.8.